The summed E-state index contributed by atoms with van der Waals surface area (Å²) in [5.41, 5.74) is 9.52. The highest BCUT2D eigenvalue weighted by atomic mass is 15.5. The highest BCUT2D eigenvalue weighted by molar-refractivity contribution is 5.82. The van der Waals surface area contributed by atoms with Crippen LogP contribution in [0.1, 0.15) is 33.9 Å². The minimum absolute atomic E-state index is 0.855. The van der Waals surface area contributed by atoms with Crippen LogP contribution in [0.2, 0.25) is 0 Å². The van der Waals surface area contributed by atoms with Crippen LogP contribution in [-0.4, -0.2) is 57.8 Å². The summed E-state index contributed by atoms with van der Waals surface area (Å²) in [6.45, 7) is 12.0. The molecule has 0 N–H and O–H groups in total. The molecule has 3 heterocycles. The van der Waals surface area contributed by atoms with E-state index in [0.29, 0.717) is 0 Å². The van der Waals surface area contributed by atoms with E-state index < -0.39 is 0 Å². The number of hydrogen-bond acceptors (Lipinski definition) is 4. The first-order valence-electron chi connectivity index (χ1n) is 12.6. The maximum absolute atomic E-state index is 4.79. The molecule has 2 aromatic carbocycles. The molecule has 4 aromatic rings. The third-order valence-electron chi connectivity index (χ3n) is 6.92. The molecule has 0 atom stereocenters. The van der Waals surface area contributed by atoms with Gasteiger partial charge in [0.25, 0.3) is 0 Å². The van der Waals surface area contributed by atoms with Gasteiger partial charge in [-0.2, -0.15) is 10.2 Å². The second-order valence-electron chi connectivity index (χ2n) is 9.39. The monoisotopic (exact) mass is 478 g/mol. The Morgan fingerprint density at radius 3 is 1.28 bits per heavy atom. The van der Waals surface area contributed by atoms with Crippen LogP contribution in [0.15, 0.2) is 83.0 Å². The number of hydrazone groups is 2. The van der Waals surface area contributed by atoms with Crippen molar-refractivity contribution in [3.05, 3.63) is 107 Å². The average molecular weight is 479 g/mol. The van der Waals surface area contributed by atoms with Gasteiger partial charge in [0.15, 0.2) is 0 Å². The highest BCUT2D eigenvalue weighted by Gasteiger charge is 2.15. The molecule has 184 valence electrons. The number of aromatic nitrogens is 2. The predicted molar refractivity (Wildman–Crippen MR) is 149 cm³/mol. The molecule has 5 rings (SSSR count). The van der Waals surface area contributed by atoms with Gasteiger partial charge < -0.3 is 9.13 Å². The summed E-state index contributed by atoms with van der Waals surface area (Å²) in [6, 6.07) is 25.4. The van der Waals surface area contributed by atoms with E-state index in [1.165, 1.54) is 34.2 Å². The zero-order valence-electron chi connectivity index (χ0n) is 21.6. The summed E-state index contributed by atoms with van der Waals surface area (Å²) in [5, 5.41) is 13.9. The lowest BCUT2D eigenvalue weighted by Crippen LogP contribution is -2.41. The Bertz CT molecular complexity index is 1260. The first-order chi connectivity index (χ1) is 17.5. The second-order valence-corrected chi connectivity index (χ2v) is 9.39. The van der Waals surface area contributed by atoms with E-state index in [-0.39, 0.29) is 0 Å². The molecule has 1 fully saturated rings. The van der Waals surface area contributed by atoms with Crippen LogP contribution in [-0.2, 0) is 0 Å². The SMILES string of the molecule is Cc1cc(/C=N/N2CCN(/N=C/c3cc(C)n(-c4ccccc4)c3C)CC2)c(C)n1-c1ccccc1. The molecule has 1 saturated heterocycles. The minimum atomic E-state index is 0.855. The summed E-state index contributed by atoms with van der Waals surface area (Å²) < 4.78 is 4.56. The third-order valence-corrected chi connectivity index (χ3v) is 6.92. The van der Waals surface area contributed by atoms with Crippen molar-refractivity contribution in [3.8, 4) is 11.4 Å². The van der Waals surface area contributed by atoms with Crippen molar-refractivity contribution in [1.82, 2.24) is 19.2 Å². The van der Waals surface area contributed by atoms with Gasteiger partial charge in [-0.25, -0.2) is 0 Å². The fourth-order valence-corrected chi connectivity index (χ4v) is 4.99. The topological polar surface area (TPSA) is 41.1 Å². The van der Waals surface area contributed by atoms with Crippen molar-refractivity contribution in [3.63, 3.8) is 0 Å². The number of benzene rings is 2. The minimum Gasteiger partial charge on any atom is -0.318 e. The number of para-hydroxylation sites is 2. The maximum Gasteiger partial charge on any atom is 0.0561 e. The quantitative estimate of drug-likeness (QED) is 0.344. The molecule has 1 aliphatic heterocycles. The van der Waals surface area contributed by atoms with Gasteiger partial charge in [-0.1, -0.05) is 36.4 Å². The molecule has 0 aliphatic carbocycles. The number of nitrogens with zero attached hydrogens (tertiary/aromatic N) is 6. The van der Waals surface area contributed by atoms with Crippen LogP contribution in [0.25, 0.3) is 11.4 Å². The van der Waals surface area contributed by atoms with Crippen LogP contribution >= 0.6 is 0 Å². The molecule has 2 aromatic heterocycles. The van der Waals surface area contributed by atoms with Gasteiger partial charge in [-0.05, 0) is 64.1 Å². The maximum atomic E-state index is 4.79. The molecular formula is C30H34N6. The predicted octanol–water partition coefficient (Wildman–Crippen LogP) is 5.49. The van der Waals surface area contributed by atoms with Crippen molar-refractivity contribution < 1.29 is 0 Å². The van der Waals surface area contributed by atoms with Crippen LogP contribution < -0.4 is 0 Å². The van der Waals surface area contributed by atoms with E-state index in [0.717, 1.165) is 37.3 Å². The lowest BCUT2D eigenvalue weighted by atomic mass is 10.2. The van der Waals surface area contributed by atoms with Crippen molar-refractivity contribution in [2.45, 2.75) is 27.7 Å². The fourth-order valence-electron chi connectivity index (χ4n) is 4.99. The number of hydrogen-bond donors (Lipinski definition) is 0. The molecule has 0 radical (unpaired) electrons. The van der Waals surface area contributed by atoms with Crippen molar-refractivity contribution in [2.24, 2.45) is 10.2 Å². The Morgan fingerprint density at radius 1 is 0.556 bits per heavy atom. The molecule has 0 amide bonds. The van der Waals surface area contributed by atoms with Crippen LogP contribution in [0.3, 0.4) is 0 Å². The van der Waals surface area contributed by atoms with Crippen molar-refractivity contribution in [2.75, 3.05) is 26.2 Å². The van der Waals surface area contributed by atoms with Gasteiger partial charge >= 0.3 is 0 Å². The average Bonchev–Trinajstić information content (AvgIpc) is 3.35. The van der Waals surface area contributed by atoms with Gasteiger partial charge in [0.1, 0.15) is 0 Å². The Morgan fingerprint density at radius 2 is 0.917 bits per heavy atom. The molecule has 36 heavy (non-hydrogen) atoms. The lowest BCUT2D eigenvalue weighted by molar-refractivity contribution is 0.141. The smallest absolute Gasteiger partial charge is 0.0561 e. The molecular weight excluding hydrogens is 444 g/mol. The van der Waals surface area contributed by atoms with Gasteiger partial charge in [-0.3, -0.25) is 10.0 Å². The molecule has 0 spiro atoms. The van der Waals surface area contributed by atoms with E-state index in [1.54, 1.807) is 0 Å². The van der Waals surface area contributed by atoms with E-state index in [9.17, 15) is 0 Å². The summed E-state index contributed by atoms with van der Waals surface area (Å²) in [4.78, 5) is 0. The van der Waals surface area contributed by atoms with Crippen LogP contribution in [0.4, 0.5) is 0 Å². The molecule has 6 nitrogen and oxygen atoms in total. The first kappa shape index (κ1) is 23.7. The van der Waals surface area contributed by atoms with Gasteiger partial charge in [0.2, 0.25) is 0 Å². The number of rotatable bonds is 6. The fraction of sp³-hybridized carbons (Fsp3) is 0.267. The number of aryl methyl sites for hydroxylation is 2. The summed E-state index contributed by atoms with van der Waals surface area (Å²) in [7, 11) is 0. The molecule has 0 unspecified atom stereocenters. The number of piperazine rings is 1. The molecule has 6 heteroatoms. The van der Waals surface area contributed by atoms with Crippen molar-refractivity contribution >= 4 is 12.4 Å². The largest absolute Gasteiger partial charge is 0.318 e. The highest BCUT2D eigenvalue weighted by Crippen LogP contribution is 2.21. The lowest BCUT2D eigenvalue weighted by Gasteiger charge is -2.31. The Labute approximate surface area is 213 Å². The summed E-state index contributed by atoms with van der Waals surface area (Å²) >= 11 is 0. The van der Waals surface area contributed by atoms with Crippen LogP contribution in [0.5, 0.6) is 0 Å². The first-order valence-corrected chi connectivity index (χ1v) is 12.6. The Hall–Kier alpha value is -4.06. The van der Waals surface area contributed by atoms with E-state index >= 15 is 0 Å². The normalized spacial score (nSPS) is 14.4. The van der Waals surface area contributed by atoms with Crippen molar-refractivity contribution in [1.29, 1.82) is 0 Å². The van der Waals surface area contributed by atoms with E-state index in [1.807, 2.05) is 24.6 Å². The summed E-state index contributed by atoms with van der Waals surface area (Å²) in [5.74, 6) is 0. The third kappa shape index (κ3) is 4.85. The van der Waals surface area contributed by atoms with E-state index in [2.05, 4.69) is 108 Å². The summed E-state index contributed by atoms with van der Waals surface area (Å²) in [6.07, 6.45) is 4.00. The molecule has 0 bridgehead atoms. The Balaban J connectivity index is 1.21. The standard InChI is InChI=1S/C30H34N6/c1-23-19-27(25(3)35(23)29-11-7-5-8-12-29)21-31-33-15-17-34(18-16-33)32-22-28-20-24(2)36(26(28)4)30-13-9-6-10-14-30/h5-14,19-22H,15-18H2,1-4H3/b31-21+,32-22+. The Kier molecular flexibility index (Phi) is 6.76. The zero-order valence-corrected chi connectivity index (χ0v) is 21.6. The van der Waals surface area contributed by atoms with Gasteiger partial charge in [0, 0.05) is 45.3 Å². The van der Waals surface area contributed by atoms with E-state index in [4.69, 9.17) is 10.2 Å². The molecule has 1 aliphatic rings. The van der Waals surface area contributed by atoms with Crippen LogP contribution in [0, 0.1) is 27.7 Å². The zero-order chi connectivity index (χ0) is 25.1. The van der Waals surface area contributed by atoms with Gasteiger partial charge in [-0.15, -0.1) is 0 Å². The molecule has 0 saturated carbocycles. The van der Waals surface area contributed by atoms with Gasteiger partial charge in [0.05, 0.1) is 38.6 Å². The second kappa shape index (κ2) is 10.3.